The van der Waals surface area contributed by atoms with Gasteiger partial charge in [-0.3, -0.25) is 5.43 Å². The van der Waals surface area contributed by atoms with E-state index in [4.69, 9.17) is 5.84 Å². The summed E-state index contributed by atoms with van der Waals surface area (Å²) in [7, 11) is 0. The van der Waals surface area contributed by atoms with E-state index >= 15 is 0 Å². The topological polar surface area (TPSA) is 75.9 Å². The van der Waals surface area contributed by atoms with Crippen molar-refractivity contribution >= 4 is 11.8 Å². The smallest absolute Gasteiger partial charge is 0.239 e. The minimum atomic E-state index is 0.418. The van der Waals surface area contributed by atoms with Gasteiger partial charge in [-0.15, -0.1) is 0 Å². The predicted octanol–water partition coefficient (Wildman–Crippen LogP) is 2.84. The quantitative estimate of drug-likeness (QED) is 0.376. The Morgan fingerprint density at radius 2 is 2.11 bits per heavy atom. The largest absolute Gasteiger partial charge is 0.367 e. The first-order valence-electron chi connectivity index (χ1n) is 6.74. The second kappa shape index (κ2) is 7.87. The maximum absolute atomic E-state index is 5.31. The fourth-order valence-electron chi connectivity index (χ4n) is 1.84. The average molecular weight is 251 g/mol. The highest BCUT2D eigenvalue weighted by atomic mass is 15.3. The number of nitrogens with one attached hydrogen (secondary N) is 2. The number of nitrogens with two attached hydrogens (primary N) is 1. The molecule has 0 fully saturated rings. The summed E-state index contributed by atoms with van der Waals surface area (Å²) in [6.07, 6.45) is 8.09. The van der Waals surface area contributed by atoms with Crippen LogP contribution in [0.1, 0.15) is 51.5 Å². The average Bonchev–Trinajstić information content (AvgIpc) is 2.37. The highest BCUT2D eigenvalue weighted by Gasteiger charge is 2.07. The van der Waals surface area contributed by atoms with Crippen LogP contribution in [0.3, 0.4) is 0 Å². The van der Waals surface area contributed by atoms with Gasteiger partial charge < -0.3 is 5.32 Å². The summed E-state index contributed by atoms with van der Waals surface area (Å²) >= 11 is 0. The van der Waals surface area contributed by atoms with Crippen molar-refractivity contribution in [2.24, 2.45) is 5.84 Å². The van der Waals surface area contributed by atoms with Crippen LogP contribution in [-0.4, -0.2) is 16.0 Å². The lowest BCUT2D eigenvalue weighted by molar-refractivity contribution is 0.592. The molecule has 0 aliphatic carbocycles. The number of aromatic nitrogens is 2. The number of rotatable bonds is 8. The number of hydrogen-bond acceptors (Lipinski definition) is 5. The number of hydrogen-bond donors (Lipinski definition) is 3. The maximum Gasteiger partial charge on any atom is 0.239 e. The van der Waals surface area contributed by atoms with E-state index in [1.807, 2.05) is 6.92 Å². The van der Waals surface area contributed by atoms with E-state index in [1.165, 1.54) is 25.7 Å². The molecular formula is C13H25N5. The van der Waals surface area contributed by atoms with E-state index in [0.717, 1.165) is 17.8 Å². The first-order valence-corrected chi connectivity index (χ1v) is 6.74. The van der Waals surface area contributed by atoms with Gasteiger partial charge in [-0.25, -0.2) is 10.8 Å². The number of aryl methyl sites for hydroxylation is 1. The molecular weight excluding hydrogens is 226 g/mol. The van der Waals surface area contributed by atoms with E-state index in [-0.39, 0.29) is 0 Å². The van der Waals surface area contributed by atoms with Crippen molar-refractivity contribution in [2.75, 3.05) is 10.7 Å². The van der Waals surface area contributed by atoms with E-state index in [9.17, 15) is 0 Å². The van der Waals surface area contributed by atoms with Gasteiger partial charge in [0.05, 0.1) is 0 Å². The molecule has 0 amide bonds. The Kier molecular flexibility index (Phi) is 6.43. The van der Waals surface area contributed by atoms with Gasteiger partial charge >= 0.3 is 0 Å². The van der Waals surface area contributed by atoms with Gasteiger partial charge in [-0.05, 0) is 20.3 Å². The monoisotopic (exact) mass is 251 g/mol. The van der Waals surface area contributed by atoms with Crippen molar-refractivity contribution in [3.8, 4) is 0 Å². The number of unbranched alkanes of at least 4 members (excludes halogenated alkanes) is 3. The zero-order valence-electron chi connectivity index (χ0n) is 11.7. The lowest BCUT2D eigenvalue weighted by atomic mass is 10.1. The minimum absolute atomic E-state index is 0.418. The number of nitrogen functional groups attached to an aromatic ring is 1. The molecule has 0 saturated heterocycles. The van der Waals surface area contributed by atoms with Gasteiger partial charge in [0, 0.05) is 17.8 Å². The fourth-order valence-corrected chi connectivity index (χ4v) is 1.84. The molecule has 18 heavy (non-hydrogen) atoms. The molecule has 0 saturated carbocycles. The van der Waals surface area contributed by atoms with E-state index in [0.29, 0.717) is 12.0 Å². The molecule has 102 valence electrons. The molecule has 5 nitrogen and oxygen atoms in total. The van der Waals surface area contributed by atoms with Crippen LogP contribution in [0.25, 0.3) is 0 Å². The van der Waals surface area contributed by atoms with Crippen LogP contribution in [-0.2, 0) is 0 Å². The van der Waals surface area contributed by atoms with Crippen molar-refractivity contribution in [3.05, 3.63) is 11.8 Å². The van der Waals surface area contributed by atoms with Crippen molar-refractivity contribution in [1.29, 1.82) is 0 Å². The van der Waals surface area contributed by atoms with Crippen LogP contribution in [0.15, 0.2) is 6.20 Å². The van der Waals surface area contributed by atoms with Gasteiger partial charge in [0.1, 0.15) is 5.82 Å². The minimum Gasteiger partial charge on any atom is -0.367 e. The highest BCUT2D eigenvalue weighted by Crippen LogP contribution is 2.15. The van der Waals surface area contributed by atoms with Crippen LogP contribution in [0.2, 0.25) is 0 Å². The summed E-state index contributed by atoms with van der Waals surface area (Å²) in [5.41, 5.74) is 3.50. The summed E-state index contributed by atoms with van der Waals surface area (Å²) in [4.78, 5) is 8.38. The third kappa shape index (κ3) is 4.87. The predicted molar refractivity (Wildman–Crippen MR) is 76.4 cm³/mol. The Morgan fingerprint density at radius 1 is 1.33 bits per heavy atom. The molecule has 1 aromatic rings. The first-order chi connectivity index (χ1) is 8.67. The standard InChI is InChI=1S/C13H25N5/c1-4-5-6-7-8-11(3)16-12-10(2)9-15-13(17-12)18-14/h9,11H,4-8,14H2,1-3H3,(H2,15,16,17,18). The van der Waals surface area contributed by atoms with Gasteiger partial charge in [0.25, 0.3) is 0 Å². The van der Waals surface area contributed by atoms with Gasteiger partial charge in [-0.1, -0.05) is 32.6 Å². The number of anilines is 2. The van der Waals surface area contributed by atoms with Crippen molar-refractivity contribution in [3.63, 3.8) is 0 Å². The summed E-state index contributed by atoms with van der Waals surface area (Å²) < 4.78 is 0. The Labute approximate surface area is 110 Å². The molecule has 5 heteroatoms. The molecule has 0 spiro atoms. The third-order valence-corrected chi connectivity index (χ3v) is 2.97. The summed E-state index contributed by atoms with van der Waals surface area (Å²) in [5, 5.41) is 3.42. The van der Waals surface area contributed by atoms with Crippen LogP contribution < -0.4 is 16.6 Å². The number of nitrogens with zero attached hydrogens (tertiary/aromatic N) is 2. The summed E-state index contributed by atoms with van der Waals surface area (Å²) in [5.74, 6) is 6.62. The van der Waals surface area contributed by atoms with Crippen molar-refractivity contribution < 1.29 is 0 Å². The molecule has 0 radical (unpaired) electrons. The number of hydrazine groups is 1. The Balaban J connectivity index is 2.45. The second-order valence-electron chi connectivity index (χ2n) is 4.76. The van der Waals surface area contributed by atoms with Crippen LogP contribution in [0.4, 0.5) is 11.8 Å². The molecule has 0 aromatic carbocycles. The Hall–Kier alpha value is -1.36. The molecule has 1 unspecified atom stereocenters. The summed E-state index contributed by atoms with van der Waals surface area (Å²) in [6, 6.07) is 0.418. The van der Waals surface area contributed by atoms with Gasteiger partial charge in [0.2, 0.25) is 5.95 Å². The summed E-state index contributed by atoms with van der Waals surface area (Å²) in [6.45, 7) is 6.41. The second-order valence-corrected chi connectivity index (χ2v) is 4.76. The van der Waals surface area contributed by atoms with Gasteiger partial charge in [0.15, 0.2) is 0 Å². The van der Waals surface area contributed by atoms with Crippen molar-refractivity contribution in [2.45, 2.75) is 58.9 Å². The van der Waals surface area contributed by atoms with Gasteiger partial charge in [-0.2, -0.15) is 4.98 Å². The zero-order valence-corrected chi connectivity index (χ0v) is 11.7. The van der Waals surface area contributed by atoms with E-state index in [2.05, 4.69) is 34.6 Å². The van der Waals surface area contributed by atoms with Crippen LogP contribution in [0.5, 0.6) is 0 Å². The Morgan fingerprint density at radius 3 is 2.78 bits per heavy atom. The SMILES string of the molecule is CCCCCCC(C)Nc1nc(NN)ncc1C. The molecule has 0 aliphatic heterocycles. The molecule has 0 bridgehead atoms. The van der Waals surface area contributed by atoms with E-state index < -0.39 is 0 Å². The molecule has 1 rings (SSSR count). The molecule has 4 N–H and O–H groups in total. The molecule has 0 aliphatic rings. The van der Waals surface area contributed by atoms with Crippen molar-refractivity contribution in [1.82, 2.24) is 9.97 Å². The van der Waals surface area contributed by atoms with Crippen LogP contribution in [0, 0.1) is 6.92 Å². The Bertz CT molecular complexity index is 353. The normalized spacial score (nSPS) is 12.2. The molecule has 1 atom stereocenters. The lowest BCUT2D eigenvalue weighted by Gasteiger charge is -2.16. The first kappa shape index (κ1) is 14.7. The van der Waals surface area contributed by atoms with E-state index in [1.54, 1.807) is 6.20 Å². The highest BCUT2D eigenvalue weighted by molar-refractivity contribution is 5.46. The lowest BCUT2D eigenvalue weighted by Crippen LogP contribution is -2.18. The molecule has 1 heterocycles. The molecule has 1 aromatic heterocycles. The third-order valence-electron chi connectivity index (χ3n) is 2.97. The maximum atomic E-state index is 5.31. The zero-order chi connectivity index (χ0) is 13.4. The fraction of sp³-hybridized carbons (Fsp3) is 0.692. The van der Waals surface area contributed by atoms with Crippen LogP contribution >= 0.6 is 0 Å².